The molecule has 28 heavy (non-hydrogen) atoms. The summed E-state index contributed by atoms with van der Waals surface area (Å²) in [6.07, 6.45) is 1.01. The Labute approximate surface area is 167 Å². The Balaban J connectivity index is 1.77. The topological polar surface area (TPSA) is 101 Å². The second-order valence-electron chi connectivity index (χ2n) is 6.47. The summed E-state index contributed by atoms with van der Waals surface area (Å²) in [5, 5.41) is 12.0. The average Bonchev–Trinajstić information content (AvgIpc) is 2.67. The highest BCUT2D eigenvalue weighted by molar-refractivity contribution is 7.90. The molecule has 0 spiro atoms. The van der Waals surface area contributed by atoms with Crippen molar-refractivity contribution in [3.63, 3.8) is 0 Å². The minimum absolute atomic E-state index is 0.0977. The maximum Gasteiger partial charge on any atom is 0.293 e. The third-order valence-electron chi connectivity index (χ3n) is 4.57. The zero-order chi connectivity index (χ0) is 20.5. The lowest BCUT2D eigenvalue weighted by Crippen LogP contribution is -2.49. The fraction of sp³-hybridized carbons (Fsp3) is 0.278. The first-order chi connectivity index (χ1) is 13.2. The van der Waals surface area contributed by atoms with Gasteiger partial charge < -0.3 is 9.80 Å². The van der Waals surface area contributed by atoms with Gasteiger partial charge in [0.15, 0.2) is 9.84 Å². The Bertz CT molecular complexity index is 1020. The molecule has 8 nitrogen and oxygen atoms in total. The molecular formula is C18H18ClN3O5S. The van der Waals surface area contributed by atoms with Gasteiger partial charge in [0.05, 0.1) is 9.82 Å². The van der Waals surface area contributed by atoms with E-state index in [0.717, 1.165) is 12.3 Å². The summed E-state index contributed by atoms with van der Waals surface area (Å²) in [7, 11) is -3.55. The first-order valence-electron chi connectivity index (χ1n) is 8.45. The van der Waals surface area contributed by atoms with Crippen molar-refractivity contribution < 1.29 is 18.1 Å². The van der Waals surface area contributed by atoms with Gasteiger partial charge in [-0.1, -0.05) is 11.6 Å². The molecule has 2 aromatic carbocycles. The Hall–Kier alpha value is -2.65. The molecule has 148 valence electrons. The van der Waals surface area contributed by atoms with Crippen LogP contribution < -0.4 is 4.90 Å². The van der Waals surface area contributed by atoms with E-state index in [9.17, 15) is 23.3 Å². The summed E-state index contributed by atoms with van der Waals surface area (Å²) < 4.78 is 23.4. The maximum atomic E-state index is 12.6. The van der Waals surface area contributed by atoms with Gasteiger partial charge in [-0.25, -0.2) is 8.42 Å². The number of nitro groups is 1. The molecule has 1 aliphatic rings. The summed E-state index contributed by atoms with van der Waals surface area (Å²) in [6.45, 7) is 1.59. The fourth-order valence-electron chi connectivity index (χ4n) is 3.07. The van der Waals surface area contributed by atoms with Crippen LogP contribution in [0.5, 0.6) is 0 Å². The van der Waals surface area contributed by atoms with E-state index in [4.69, 9.17) is 11.6 Å². The van der Waals surface area contributed by atoms with Gasteiger partial charge in [0.1, 0.15) is 5.69 Å². The second kappa shape index (κ2) is 7.76. The van der Waals surface area contributed by atoms with E-state index in [0.29, 0.717) is 42.5 Å². The summed E-state index contributed by atoms with van der Waals surface area (Å²) >= 11 is 5.84. The molecule has 3 rings (SSSR count). The van der Waals surface area contributed by atoms with Crippen molar-refractivity contribution >= 4 is 38.7 Å². The smallest absolute Gasteiger partial charge is 0.293 e. The summed E-state index contributed by atoms with van der Waals surface area (Å²) in [5.74, 6) is -0.127. The average molecular weight is 424 g/mol. The van der Waals surface area contributed by atoms with Crippen LogP contribution in [0, 0.1) is 10.1 Å². The van der Waals surface area contributed by atoms with Gasteiger partial charge >= 0.3 is 0 Å². The summed E-state index contributed by atoms with van der Waals surface area (Å²) in [5.41, 5.74) is 0.609. The number of hydrogen-bond acceptors (Lipinski definition) is 6. The number of amides is 1. The van der Waals surface area contributed by atoms with Crippen molar-refractivity contribution in [3.8, 4) is 0 Å². The number of rotatable bonds is 4. The van der Waals surface area contributed by atoms with Crippen LogP contribution in [0.3, 0.4) is 0 Å². The quantitative estimate of drug-likeness (QED) is 0.553. The van der Waals surface area contributed by atoms with Crippen molar-refractivity contribution in [2.45, 2.75) is 4.90 Å². The molecule has 1 saturated heterocycles. The number of halogens is 1. The van der Waals surface area contributed by atoms with Crippen molar-refractivity contribution in [1.82, 2.24) is 4.90 Å². The molecule has 10 heteroatoms. The number of piperazine rings is 1. The Morgan fingerprint density at radius 3 is 2.21 bits per heavy atom. The van der Waals surface area contributed by atoms with Gasteiger partial charge in [0, 0.05) is 49.1 Å². The number of nitrogens with zero attached hydrogens (tertiary/aromatic N) is 3. The van der Waals surface area contributed by atoms with E-state index in [2.05, 4.69) is 0 Å². The summed E-state index contributed by atoms with van der Waals surface area (Å²) in [4.78, 5) is 26.8. The van der Waals surface area contributed by atoms with Crippen molar-refractivity contribution in [2.24, 2.45) is 0 Å². The molecular weight excluding hydrogens is 406 g/mol. The minimum Gasteiger partial charge on any atom is -0.362 e. The van der Waals surface area contributed by atoms with E-state index in [1.54, 1.807) is 34.1 Å². The number of anilines is 1. The van der Waals surface area contributed by atoms with Crippen molar-refractivity contribution in [3.05, 3.63) is 63.2 Å². The van der Waals surface area contributed by atoms with Gasteiger partial charge in [-0.05, 0) is 36.4 Å². The predicted octanol–water partition coefficient (Wildman–Crippen LogP) is 2.61. The van der Waals surface area contributed by atoms with Gasteiger partial charge in [0.2, 0.25) is 0 Å². The monoisotopic (exact) mass is 423 g/mol. The molecule has 0 N–H and O–H groups in total. The first-order valence-corrected chi connectivity index (χ1v) is 10.7. The summed E-state index contributed by atoms with van der Waals surface area (Å²) in [6, 6.07) is 10.5. The lowest BCUT2D eigenvalue weighted by Gasteiger charge is -2.35. The molecule has 0 radical (unpaired) electrons. The van der Waals surface area contributed by atoms with Crippen molar-refractivity contribution in [2.75, 3.05) is 37.3 Å². The van der Waals surface area contributed by atoms with Crippen LogP contribution in [-0.4, -0.2) is 56.6 Å². The minimum atomic E-state index is -3.55. The van der Waals surface area contributed by atoms with E-state index >= 15 is 0 Å². The van der Waals surface area contributed by atoms with Crippen LogP contribution in [0.4, 0.5) is 11.4 Å². The molecule has 1 fully saturated rings. The number of hydrogen-bond donors (Lipinski definition) is 0. The van der Waals surface area contributed by atoms with Gasteiger partial charge in [-0.15, -0.1) is 0 Å². The Morgan fingerprint density at radius 1 is 1.07 bits per heavy atom. The van der Waals surface area contributed by atoms with Gasteiger partial charge in [-0.3, -0.25) is 14.9 Å². The Kier molecular flexibility index (Phi) is 5.57. The number of carbonyl (C=O) groups excluding carboxylic acids is 1. The SMILES string of the molecule is CS(=O)(=O)c1ccc(N2CCN(C(=O)c3ccc(Cl)cc3)CC2)c([N+](=O)[O-])c1. The van der Waals surface area contributed by atoms with Crippen LogP contribution in [0.1, 0.15) is 10.4 Å². The molecule has 0 atom stereocenters. The highest BCUT2D eigenvalue weighted by Crippen LogP contribution is 2.31. The van der Waals surface area contributed by atoms with Gasteiger partial charge in [-0.2, -0.15) is 0 Å². The molecule has 0 aromatic heterocycles. The lowest BCUT2D eigenvalue weighted by atomic mass is 10.1. The van der Waals surface area contributed by atoms with Crippen LogP contribution in [0.2, 0.25) is 5.02 Å². The van der Waals surface area contributed by atoms with E-state index < -0.39 is 14.8 Å². The number of nitro benzene ring substituents is 1. The number of benzene rings is 2. The third-order valence-corrected chi connectivity index (χ3v) is 5.93. The predicted molar refractivity (Wildman–Crippen MR) is 106 cm³/mol. The lowest BCUT2D eigenvalue weighted by molar-refractivity contribution is -0.384. The van der Waals surface area contributed by atoms with Crippen LogP contribution in [-0.2, 0) is 9.84 Å². The fourth-order valence-corrected chi connectivity index (χ4v) is 3.84. The molecule has 2 aromatic rings. The standard InChI is InChI=1S/C18H18ClN3O5S/c1-28(26,27)15-6-7-16(17(12-15)22(24)25)20-8-10-21(11-9-20)18(23)13-2-4-14(19)5-3-13/h2-7,12H,8-11H2,1H3. The molecule has 0 unspecified atom stereocenters. The highest BCUT2D eigenvalue weighted by Gasteiger charge is 2.27. The van der Waals surface area contributed by atoms with E-state index in [1.165, 1.54) is 12.1 Å². The number of sulfone groups is 1. The first kappa shape index (κ1) is 20.1. The van der Waals surface area contributed by atoms with Gasteiger partial charge in [0.25, 0.3) is 11.6 Å². The molecule has 0 aliphatic carbocycles. The van der Waals surface area contributed by atoms with E-state index in [1.807, 2.05) is 0 Å². The zero-order valence-corrected chi connectivity index (χ0v) is 16.6. The molecule has 1 amide bonds. The third kappa shape index (κ3) is 4.26. The van der Waals surface area contributed by atoms with E-state index in [-0.39, 0.29) is 16.5 Å². The van der Waals surface area contributed by atoms with Crippen LogP contribution in [0.25, 0.3) is 0 Å². The molecule has 1 aliphatic heterocycles. The molecule has 0 bridgehead atoms. The second-order valence-corrected chi connectivity index (χ2v) is 8.92. The molecule has 0 saturated carbocycles. The normalized spacial score (nSPS) is 14.8. The zero-order valence-electron chi connectivity index (χ0n) is 15.0. The number of carbonyl (C=O) groups is 1. The highest BCUT2D eigenvalue weighted by atomic mass is 35.5. The van der Waals surface area contributed by atoms with Crippen LogP contribution in [0.15, 0.2) is 47.4 Å². The van der Waals surface area contributed by atoms with Crippen molar-refractivity contribution in [1.29, 1.82) is 0 Å². The largest absolute Gasteiger partial charge is 0.362 e. The molecule has 1 heterocycles. The maximum absolute atomic E-state index is 12.6. The van der Waals surface area contributed by atoms with Crippen LogP contribution >= 0.6 is 11.6 Å². The Morgan fingerprint density at radius 2 is 1.68 bits per heavy atom.